The molecule has 2 nitrogen and oxygen atoms in total. The minimum atomic E-state index is 0.526. The van der Waals surface area contributed by atoms with Gasteiger partial charge in [-0.05, 0) is 43.9 Å². The molecule has 0 N–H and O–H groups in total. The zero-order valence-electron chi connectivity index (χ0n) is 11.9. The number of rotatable bonds is 1. The Morgan fingerprint density at radius 1 is 0.889 bits per heavy atom. The molecule has 1 saturated carbocycles. The second-order valence-electron chi connectivity index (χ2n) is 7.05. The minimum absolute atomic E-state index is 0.526. The van der Waals surface area contributed by atoms with E-state index in [9.17, 15) is 4.79 Å². The molecule has 0 radical (unpaired) electrons. The Labute approximate surface area is 111 Å². The molecule has 18 heavy (non-hydrogen) atoms. The van der Waals surface area contributed by atoms with Gasteiger partial charge in [0.2, 0.25) is 0 Å². The van der Waals surface area contributed by atoms with Gasteiger partial charge in [-0.25, -0.2) is 0 Å². The quantitative estimate of drug-likeness (QED) is 0.710. The predicted octanol–water partition coefficient (Wildman–Crippen LogP) is 3.40. The zero-order valence-corrected chi connectivity index (χ0v) is 11.9. The first-order valence-corrected chi connectivity index (χ1v) is 7.94. The van der Waals surface area contributed by atoms with Gasteiger partial charge in [0, 0.05) is 31.0 Å². The van der Waals surface area contributed by atoms with Crippen molar-refractivity contribution in [1.82, 2.24) is 4.90 Å². The van der Waals surface area contributed by atoms with Gasteiger partial charge < -0.3 is 0 Å². The van der Waals surface area contributed by atoms with Crippen molar-refractivity contribution in [2.45, 2.75) is 83.3 Å². The number of fused-ring (bicyclic) bond motifs is 2. The van der Waals surface area contributed by atoms with E-state index in [1.165, 1.54) is 38.5 Å². The fourth-order valence-electron chi connectivity index (χ4n) is 4.60. The van der Waals surface area contributed by atoms with Crippen LogP contribution in [0.4, 0.5) is 0 Å². The maximum Gasteiger partial charge on any atom is 0.136 e. The number of carbonyl (C=O) groups is 1. The van der Waals surface area contributed by atoms with Gasteiger partial charge in [-0.3, -0.25) is 9.69 Å². The van der Waals surface area contributed by atoms with Crippen LogP contribution in [0.2, 0.25) is 0 Å². The van der Waals surface area contributed by atoms with E-state index in [1.54, 1.807) is 0 Å². The summed E-state index contributed by atoms with van der Waals surface area (Å²) in [7, 11) is 0. The van der Waals surface area contributed by atoms with E-state index >= 15 is 0 Å². The maximum absolute atomic E-state index is 11.8. The Morgan fingerprint density at radius 2 is 1.56 bits per heavy atom. The van der Waals surface area contributed by atoms with Crippen molar-refractivity contribution in [2.75, 3.05) is 0 Å². The van der Waals surface area contributed by atoms with E-state index in [4.69, 9.17) is 0 Å². The summed E-state index contributed by atoms with van der Waals surface area (Å²) in [5, 5.41) is 0. The van der Waals surface area contributed by atoms with Crippen LogP contribution < -0.4 is 0 Å². The average Bonchev–Trinajstić information content (AvgIpc) is 2.32. The molecule has 2 bridgehead atoms. The molecule has 2 aliphatic heterocycles. The fourth-order valence-corrected chi connectivity index (χ4v) is 4.60. The van der Waals surface area contributed by atoms with Crippen LogP contribution in [-0.2, 0) is 4.79 Å². The molecule has 102 valence electrons. The Kier molecular flexibility index (Phi) is 3.48. The molecule has 2 heteroatoms. The predicted molar refractivity (Wildman–Crippen MR) is 73.5 cm³/mol. The standard InChI is InChI=1S/C16H27NO/c1-11-6-7-15(8-12(11)2)17-13-4-3-5-14(17)10-16(18)9-13/h11-15H,3-10H2,1-2H3. The van der Waals surface area contributed by atoms with Crippen LogP contribution in [0.3, 0.4) is 0 Å². The maximum atomic E-state index is 11.8. The van der Waals surface area contributed by atoms with Crippen molar-refractivity contribution in [1.29, 1.82) is 0 Å². The lowest BCUT2D eigenvalue weighted by Gasteiger charge is -2.51. The van der Waals surface area contributed by atoms with Crippen molar-refractivity contribution in [3.63, 3.8) is 0 Å². The highest BCUT2D eigenvalue weighted by atomic mass is 16.1. The molecular weight excluding hydrogens is 222 g/mol. The summed E-state index contributed by atoms with van der Waals surface area (Å²) in [6.45, 7) is 4.82. The number of Topliss-reactive ketones (excluding diaryl/α,β-unsaturated/α-hetero) is 1. The van der Waals surface area contributed by atoms with Crippen LogP contribution in [0, 0.1) is 11.8 Å². The van der Waals surface area contributed by atoms with Crippen LogP contribution >= 0.6 is 0 Å². The van der Waals surface area contributed by atoms with Gasteiger partial charge in [-0.1, -0.05) is 20.3 Å². The fraction of sp³-hybridized carbons (Fsp3) is 0.938. The number of piperidine rings is 2. The molecule has 3 fully saturated rings. The van der Waals surface area contributed by atoms with Crippen molar-refractivity contribution in [3.05, 3.63) is 0 Å². The summed E-state index contributed by atoms with van der Waals surface area (Å²) in [5.74, 6) is 2.28. The van der Waals surface area contributed by atoms with Gasteiger partial charge in [0.1, 0.15) is 5.78 Å². The molecule has 1 aliphatic carbocycles. The number of ketones is 1. The third-order valence-electron chi connectivity index (χ3n) is 5.84. The summed E-state index contributed by atoms with van der Waals surface area (Å²) in [5.41, 5.74) is 0. The van der Waals surface area contributed by atoms with E-state index < -0.39 is 0 Å². The highest BCUT2D eigenvalue weighted by Crippen LogP contribution is 2.40. The molecule has 0 aromatic carbocycles. The number of hydrogen-bond donors (Lipinski definition) is 0. The largest absolute Gasteiger partial charge is 0.300 e. The lowest BCUT2D eigenvalue weighted by molar-refractivity contribution is -0.129. The Balaban J connectivity index is 1.73. The van der Waals surface area contributed by atoms with Crippen molar-refractivity contribution in [3.8, 4) is 0 Å². The third-order valence-corrected chi connectivity index (χ3v) is 5.84. The number of nitrogens with zero attached hydrogens (tertiary/aromatic N) is 1. The lowest BCUT2D eigenvalue weighted by atomic mass is 9.75. The molecular formula is C16H27NO. The highest BCUT2D eigenvalue weighted by Gasteiger charge is 2.42. The second-order valence-corrected chi connectivity index (χ2v) is 7.05. The normalized spacial score (nSPS) is 46.1. The van der Waals surface area contributed by atoms with Crippen molar-refractivity contribution < 1.29 is 4.79 Å². The Bertz CT molecular complexity index is 311. The third kappa shape index (κ3) is 2.24. The van der Waals surface area contributed by atoms with Gasteiger partial charge >= 0.3 is 0 Å². The highest BCUT2D eigenvalue weighted by molar-refractivity contribution is 5.80. The summed E-state index contributed by atoms with van der Waals surface area (Å²) in [6.07, 6.45) is 9.68. The monoisotopic (exact) mass is 249 g/mol. The number of hydrogen-bond acceptors (Lipinski definition) is 2. The average molecular weight is 249 g/mol. The van der Waals surface area contributed by atoms with E-state index in [0.29, 0.717) is 17.9 Å². The van der Waals surface area contributed by atoms with E-state index in [-0.39, 0.29) is 0 Å². The van der Waals surface area contributed by atoms with Crippen molar-refractivity contribution in [2.24, 2.45) is 11.8 Å². The summed E-state index contributed by atoms with van der Waals surface area (Å²) in [4.78, 5) is 14.6. The van der Waals surface area contributed by atoms with Gasteiger partial charge in [-0.2, -0.15) is 0 Å². The van der Waals surface area contributed by atoms with Crippen LogP contribution in [0.5, 0.6) is 0 Å². The van der Waals surface area contributed by atoms with Crippen LogP contribution in [0.1, 0.15) is 65.2 Å². The molecule has 3 aliphatic rings. The first-order chi connectivity index (χ1) is 8.65. The lowest BCUT2D eigenvalue weighted by Crippen LogP contribution is -2.57. The Hall–Kier alpha value is -0.370. The topological polar surface area (TPSA) is 20.3 Å². The van der Waals surface area contributed by atoms with Gasteiger partial charge in [0.25, 0.3) is 0 Å². The summed E-state index contributed by atoms with van der Waals surface area (Å²) >= 11 is 0. The molecule has 2 heterocycles. The van der Waals surface area contributed by atoms with E-state index in [2.05, 4.69) is 18.7 Å². The zero-order chi connectivity index (χ0) is 12.7. The molecule has 0 aromatic rings. The van der Waals surface area contributed by atoms with Crippen molar-refractivity contribution >= 4 is 5.78 Å². The minimum Gasteiger partial charge on any atom is -0.300 e. The van der Waals surface area contributed by atoms with Crippen LogP contribution in [-0.4, -0.2) is 28.8 Å². The van der Waals surface area contributed by atoms with Gasteiger partial charge in [0.05, 0.1) is 0 Å². The summed E-state index contributed by atoms with van der Waals surface area (Å²) < 4.78 is 0. The first-order valence-electron chi connectivity index (χ1n) is 7.94. The molecule has 0 aromatic heterocycles. The van der Waals surface area contributed by atoms with Crippen LogP contribution in [0.25, 0.3) is 0 Å². The SMILES string of the molecule is CC1CCC(N2C3CCCC2CC(=O)C3)CC1C. The molecule has 0 amide bonds. The molecule has 3 rings (SSSR count). The molecule has 5 atom stereocenters. The van der Waals surface area contributed by atoms with E-state index in [1.807, 2.05) is 0 Å². The summed E-state index contributed by atoms with van der Waals surface area (Å²) in [6, 6.07) is 1.96. The molecule has 5 unspecified atom stereocenters. The second kappa shape index (κ2) is 4.96. The Morgan fingerprint density at radius 3 is 2.17 bits per heavy atom. The van der Waals surface area contributed by atoms with E-state index in [0.717, 1.165) is 30.7 Å². The smallest absolute Gasteiger partial charge is 0.136 e. The molecule has 0 spiro atoms. The van der Waals surface area contributed by atoms with Gasteiger partial charge in [-0.15, -0.1) is 0 Å². The van der Waals surface area contributed by atoms with Crippen LogP contribution in [0.15, 0.2) is 0 Å². The first kappa shape index (κ1) is 12.7. The molecule has 2 saturated heterocycles. The number of carbonyl (C=O) groups excluding carboxylic acids is 1. The van der Waals surface area contributed by atoms with Gasteiger partial charge in [0.15, 0.2) is 0 Å².